The molecule has 0 aliphatic carbocycles. The van der Waals surface area contributed by atoms with Gasteiger partial charge in [-0.2, -0.15) is 4.98 Å². The normalized spacial score (nSPS) is 9.74. The van der Waals surface area contributed by atoms with Crippen molar-refractivity contribution in [1.82, 2.24) is 15.0 Å². The molecular formula is C14H27N3O2. The first-order valence-electron chi connectivity index (χ1n) is 7.34. The van der Waals surface area contributed by atoms with Gasteiger partial charge in [0.2, 0.25) is 0 Å². The van der Waals surface area contributed by atoms with Crippen molar-refractivity contribution >= 4 is 5.91 Å². The van der Waals surface area contributed by atoms with Crippen LogP contribution in [0.4, 0.5) is 0 Å². The van der Waals surface area contributed by atoms with Gasteiger partial charge < -0.3 is 9.42 Å². The van der Waals surface area contributed by atoms with Crippen LogP contribution in [0.5, 0.6) is 0 Å². The molecule has 0 aliphatic heterocycles. The number of hydrogen-bond acceptors (Lipinski definition) is 4. The molecule has 110 valence electrons. The van der Waals surface area contributed by atoms with Gasteiger partial charge in [0.1, 0.15) is 0 Å². The Labute approximate surface area is 116 Å². The lowest BCUT2D eigenvalue weighted by Gasteiger charge is -2.19. The monoisotopic (exact) mass is 269 g/mol. The number of hydrogen-bond donors (Lipinski definition) is 0. The molecule has 1 aromatic rings. The summed E-state index contributed by atoms with van der Waals surface area (Å²) in [6.45, 7) is 11.6. The quantitative estimate of drug-likeness (QED) is 0.762. The summed E-state index contributed by atoms with van der Waals surface area (Å²) in [5.41, 5.74) is 0. The van der Waals surface area contributed by atoms with Crippen LogP contribution in [0.2, 0.25) is 0 Å². The lowest BCUT2D eigenvalue weighted by Crippen LogP contribution is -2.33. The van der Waals surface area contributed by atoms with Gasteiger partial charge in [-0.15, -0.1) is 0 Å². The van der Waals surface area contributed by atoms with Crippen LogP contribution >= 0.6 is 0 Å². The number of carbonyl (C=O) groups is 1. The minimum absolute atomic E-state index is 0.117. The molecule has 0 saturated carbocycles. The predicted octanol–water partition coefficient (Wildman–Crippen LogP) is 3.31. The SMILES string of the molecule is CC.CCCCN(CCC)C(=O)c1nc(CC)no1. The first-order valence-corrected chi connectivity index (χ1v) is 7.34. The first kappa shape index (κ1) is 17.6. The van der Waals surface area contributed by atoms with E-state index >= 15 is 0 Å². The van der Waals surface area contributed by atoms with Crippen LogP contribution in [0.15, 0.2) is 4.52 Å². The summed E-state index contributed by atoms with van der Waals surface area (Å²) < 4.78 is 4.97. The average molecular weight is 269 g/mol. The molecule has 0 radical (unpaired) electrons. The van der Waals surface area contributed by atoms with E-state index in [9.17, 15) is 4.79 Å². The molecule has 0 aliphatic rings. The van der Waals surface area contributed by atoms with Crippen molar-refractivity contribution in [1.29, 1.82) is 0 Å². The zero-order valence-electron chi connectivity index (χ0n) is 12.9. The fourth-order valence-electron chi connectivity index (χ4n) is 1.55. The van der Waals surface area contributed by atoms with Crippen molar-refractivity contribution < 1.29 is 9.32 Å². The average Bonchev–Trinajstić information content (AvgIpc) is 2.93. The molecule has 0 saturated heterocycles. The van der Waals surface area contributed by atoms with Gasteiger partial charge in [-0.05, 0) is 12.8 Å². The number of unbranched alkanes of at least 4 members (excludes halogenated alkanes) is 1. The number of carbonyl (C=O) groups excluding carboxylic acids is 1. The van der Waals surface area contributed by atoms with E-state index in [0.717, 1.165) is 32.4 Å². The van der Waals surface area contributed by atoms with Gasteiger partial charge >= 0.3 is 11.8 Å². The van der Waals surface area contributed by atoms with E-state index in [4.69, 9.17) is 4.52 Å². The Balaban J connectivity index is 0.00000154. The van der Waals surface area contributed by atoms with E-state index in [0.29, 0.717) is 12.2 Å². The highest BCUT2D eigenvalue weighted by Crippen LogP contribution is 2.06. The number of aryl methyl sites for hydroxylation is 1. The van der Waals surface area contributed by atoms with Crippen LogP contribution in [0.1, 0.15) is 70.4 Å². The van der Waals surface area contributed by atoms with Crippen LogP contribution in [-0.2, 0) is 6.42 Å². The Hall–Kier alpha value is -1.39. The topological polar surface area (TPSA) is 59.2 Å². The fourth-order valence-corrected chi connectivity index (χ4v) is 1.55. The van der Waals surface area contributed by atoms with Crippen LogP contribution < -0.4 is 0 Å². The summed E-state index contributed by atoms with van der Waals surface area (Å²) in [5.74, 6) is 0.555. The van der Waals surface area contributed by atoms with Crippen LogP contribution in [0.3, 0.4) is 0 Å². The van der Waals surface area contributed by atoms with Crippen molar-refractivity contribution in [2.45, 2.75) is 60.3 Å². The number of nitrogens with zero attached hydrogens (tertiary/aromatic N) is 3. The molecule has 1 aromatic heterocycles. The zero-order valence-corrected chi connectivity index (χ0v) is 12.9. The summed E-state index contributed by atoms with van der Waals surface area (Å²) in [7, 11) is 0. The summed E-state index contributed by atoms with van der Waals surface area (Å²) in [6.07, 6.45) is 3.68. The summed E-state index contributed by atoms with van der Waals surface area (Å²) in [5, 5.41) is 3.74. The van der Waals surface area contributed by atoms with Crippen molar-refractivity contribution in [3.8, 4) is 0 Å². The van der Waals surface area contributed by atoms with E-state index < -0.39 is 0 Å². The van der Waals surface area contributed by atoms with Crippen molar-refractivity contribution in [2.24, 2.45) is 0 Å². The van der Waals surface area contributed by atoms with Gasteiger partial charge in [-0.1, -0.05) is 46.2 Å². The van der Waals surface area contributed by atoms with E-state index in [1.54, 1.807) is 4.90 Å². The molecule has 1 heterocycles. The van der Waals surface area contributed by atoms with Gasteiger partial charge in [0, 0.05) is 19.5 Å². The molecule has 0 N–H and O–H groups in total. The van der Waals surface area contributed by atoms with Gasteiger partial charge in [-0.3, -0.25) is 4.79 Å². The second-order valence-corrected chi connectivity index (χ2v) is 4.02. The molecule has 0 aromatic carbocycles. The maximum atomic E-state index is 12.1. The number of aromatic nitrogens is 2. The number of rotatable bonds is 7. The van der Waals surface area contributed by atoms with E-state index in [1.165, 1.54) is 0 Å². The third-order valence-electron chi connectivity index (χ3n) is 2.53. The highest BCUT2D eigenvalue weighted by molar-refractivity contribution is 5.89. The van der Waals surface area contributed by atoms with E-state index in [-0.39, 0.29) is 11.8 Å². The highest BCUT2D eigenvalue weighted by Gasteiger charge is 2.20. The summed E-state index contributed by atoms with van der Waals surface area (Å²) in [4.78, 5) is 18.0. The zero-order chi connectivity index (χ0) is 14.7. The minimum atomic E-state index is -0.146. The number of amides is 1. The maximum absolute atomic E-state index is 12.1. The molecule has 0 fully saturated rings. The molecule has 0 bridgehead atoms. The highest BCUT2D eigenvalue weighted by atomic mass is 16.5. The minimum Gasteiger partial charge on any atom is -0.334 e. The molecule has 5 heteroatoms. The Morgan fingerprint density at radius 2 is 1.84 bits per heavy atom. The Bertz CT molecular complexity index is 350. The fraction of sp³-hybridized carbons (Fsp3) is 0.786. The molecule has 0 atom stereocenters. The summed E-state index contributed by atoms with van der Waals surface area (Å²) >= 11 is 0. The van der Waals surface area contributed by atoms with Crippen LogP contribution in [0, 0.1) is 0 Å². The molecule has 0 unspecified atom stereocenters. The third-order valence-corrected chi connectivity index (χ3v) is 2.53. The standard InChI is InChI=1S/C12H21N3O2.C2H6/c1-4-7-9-15(8-5-2)12(16)11-13-10(6-3)14-17-11;1-2/h4-9H2,1-3H3;1-2H3. The maximum Gasteiger partial charge on any atom is 0.316 e. The summed E-state index contributed by atoms with van der Waals surface area (Å²) in [6, 6.07) is 0. The van der Waals surface area contributed by atoms with E-state index in [2.05, 4.69) is 24.0 Å². The van der Waals surface area contributed by atoms with Gasteiger partial charge in [-0.25, -0.2) is 0 Å². The first-order chi connectivity index (χ1) is 9.22. The molecule has 5 nitrogen and oxygen atoms in total. The van der Waals surface area contributed by atoms with Gasteiger partial charge in [0.25, 0.3) is 0 Å². The van der Waals surface area contributed by atoms with E-state index in [1.807, 2.05) is 20.8 Å². The van der Waals surface area contributed by atoms with Crippen molar-refractivity contribution in [3.63, 3.8) is 0 Å². The Morgan fingerprint density at radius 1 is 1.16 bits per heavy atom. The Morgan fingerprint density at radius 3 is 2.32 bits per heavy atom. The second-order valence-electron chi connectivity index (χ2n) is 4.02. The van der Waals surface area contributed by atoms with Gasteiger partial charge in [0.05, 0.1) is 0 Å². The molecule has 0 spiro atoms. The molecular weight excluding hydrogens is 242 g/mol. The molecule has 19 heavy (non-hydrogen) atoms. The predicted molar refractivity (Wildman–Crippen MR) is 76.1 cm³/mol. The van der Waals surface area contributed by atoms with Crippen LogP contribution in [-0.4, -0.2) is 34.0 Å². The van der Waals surface area contributed by atoms with Gasteiger partial charge in [0.15, 0.2) is 5.82 Å². The largest absolute Gasteiger partial charge is 0.334 e. The smallest absolute Gasteiger partial charge is 0.316 e. The third kappa shape index (κ3) is 5.85. The molecule has 1 rings (SSSR count). The Kier molecular flexibility index (Phi) is 9.75. The van der Waals surface area contributed by atoms with Crippen molar-refractivity contribution in [3.05, 3.63) is 11.7 Å². The lowest BCUT2D eigenvalue weighted by atomic mass is 10.3. The van der Waals surface area contributed by atoms with Crippen LogP contribution in [0.25, 0.3) is 0 Å². The molecule has 1 amide bonds. The lowest BCUT2D eigenvalue weighted by molar-refractivity contribution is 0.0703. The second kappa shape index (κ2) is 10.5. The van der Waals surface area contributed by atoms with Crippen molar-refractivity contribution in [2.75, 3.05) is 13.1 Å².